The zero-order valence-electron chi connectivity index (χ0n) is 15.9. The molecule has 0 spiro atoms. The first kappa shape index (κ1) is 19.1. The fourth-order valence-corrected chi connectivity index (χ4v) is 2.68. The summed E-state index contributed by atoms with van der Waals surface area (Å²) < 4.78 is 4.80. The van der Waals surface area contributed by atoms with E-state index in [9.17, 15) is 9.59 Å². The Hall–Kier alpha value is -3.67. The van der Waals surface area contributed by atoms with Gasteiger partial charge in [-0.25, -0.2) is 9.78 Å². The second kappa shape index (κ2) is 8.35. The Morgan fingerprint density at radius 2 is 1.75 bits per heavy atom. The number of para-hydroxylation sites is 1. The normalized spacial score (nSPS) is 10.2. The molecule has 0 atom stereocenters. The van der Waals surface area contributed by atoms with Crippen molar-refractivity contribution in [2.75, 3.05) is 17.7 Å². The molecule has 142 valence electrons. The van der Waals surface area contributed by atoms with Gasteiger partial charge in [-0.3, -0.25) is 4.79 Å². The van der Waals surface area contributed by atoms with E-state index in [2.05, 4.69) is 15.6 Å². The Morgan fingerprint density at radius 3 is 2.50 bits per heavy atom. The smallest absolute Gasteiger partial charge is 0.339 e. The molecular formula is C22H21N3O3. The molecule has 6 heteroatoms. The molecule has 1 amide bonds. The molecule has 28 heavy (non-hydrogen) atoms. The Labute approximate surface area is 163 Å². The summed E-state index contributed by atoms with van der Waals surface area (Å²) in [4.78, 5) is 28.7. The van der Waals surface area contributed by atoms with Crippen molar-refractivity contribution >= 4 is 29.1 Å². The summed E-state index contributed by atoms with van der Waals surface area (Å²) in [5.74, 6) is -0.245. The van der Waals surface area contributed by atoms with E-state index in [0.29, 0.717) is 22.6 Å². The van der Waals surface area contributed by atoms with Gasteiger partial charge < -0.3 is 15.4 Å². The molecular weight excluding hydrogens is 354 g/mol. The van der Waals surface area contributed by atoms with Gasteiger partial charge in [0.25, 0.3) is 5.91 Å². The number of carbonyl (C=O) groups is 2. The number of pyridine rings is 1. The van der Waals surface area contributed by atoms with E-state index in [1.165, 1.54) is 7.11 Å². The number of amides is 1. The highest BCUT2D eigenvalue weighted by Crippen LogP contribution is 2.21. The molecule has 3 aromatic rings. The maximum Gasteiger partial charge on any atom is 0.339 e. The number of esters is 1. The summed E-state index contributed by atoms with van der Waals surface area (Å²) in [5.41, 5.74) is 4.39. The predicted octanol–water partition coefficient (Wildman–Crippen LogP) is 4.48. The zero-order chi connectivity index (χ0) is 20.1. The van der Waals surface area contributed by atoms with E-state index in [1.54, 1.807) is 42.6 Å². The topological polar surface area (TPSA) is 80.3 Å². The molecule has 0 aliphatic carbocycles. The first-order valence-corrected chi connectivity index (χ1v) is 8.77. The number of nitrogens with one attached hydrogen (secondary N) is 2. The van der Waals surface area contributed by atoms with E-state index < -0.39 is 5.97 Å². The van der Waals surface area contributed by atoms with Gasteiger partial charge in [-0.2, -0.15) is 0 Å². The van der Waals surface area contributed by atoms with Gasteiger partial charge in [0.1, 0.15) is 5.82 Å². The molecule has 0 unspecified atom stereocenters. The number of hydrogen-bond acceptors (Lipinski definition) is 5. The number of carbonyl (C=O) groups excluding carboxylic acids is 2. The van der Waals surface area contributed by atoms with Crippen molar-refractivity contribution in [3.63, 3.8) is 0 Å². The molecule has 0 bridgehead atoms. The van der Waals surface area contributed by atoms with Crippen LogP contribution in [0, 0.1) is 13.8 Å². The maximum absolute atomic E-state index is 12.6. The minimum Gasteiger partial charge on any atom is -0.465 e. The van der Waals surface area contributed by atoms with Crippen LogP contribution in [0.2, 0.25) is 0 Å². The van der Waals surface area contributed by atoms with Gasteiger partial charge >= 0.3 is 5.97 Å². The first-order chi connectivity index (χ1) is 13.5. The van der Waals surface area contributed by atoms with E-state index in [-0.39, 0.29) is 5.91 Å². The summed E-state index contributed by atoms with van der Waals surface area (Å²) in [6, 6.07) is 16.0. The van der Waals surface area contributed by atoms with Crippen LogP contribution in [-0.4, -0.2) is 24.0 Å². The Morgan fingerprint density at radius 1 is 0.964 bits per heavy atom. The van der Waals surface area contributed by atoms with E-state index >= 15 is 0 Å². The Bertz CT molecular complexity index is 1030. The van der Waals surface area contributed by atoms with Gasteiger partial charge in [0, 0.05) is 17.4 Å². The van der Waals surface area contributed by atoms with Crippen LogP contribution in [0.1, 0.15) is 31.8 Å². The fraction of sp³-hybridized carbons (Fsp3) is 0.136. The highest BCUT2D eigenvalue weighted by molar-refractivity contribution is 6.05. The molecule has 3 rings (SSSR count). The van der Waals surface area contributed by atoms with Crippen LogP contribution in [0.5, 0.6) is 0 Å². The minimum atomic E-state index is -0.452. The van der Waals surface area contributed by atoms with Gasteiger partial charge in [0.15, 0.2) is 0 Å². The molecule has 0 aliphatic heterocycles. The average Bonchev–Trinajstić information content (AvgIpc) is 2.71. The van der Waals surface area contributed by atoms with Gasteiger partial charge in [-0.15, -0.1) is 0 Å². The quantitative estimate of drug-likeness (QED) is 0.643. The second-order valence-corrected chi connectivity index (χ2v) is 6.35. The van der Waals surface area contributed by atoms with Crippen molar-refractivity contribution in [3.05, 3.63) is 83.0 Å². The standard InChI is InChI=1S/C22H21N3O3/c1-14-8-9-17(12-15(14)2)24-21(26)16-10-11-23-20(13-16)25-19-7-5-4-6-18(19)22(27)28-3/h4-13H,1-3H3,(H,23,25)(H,24,26). The van der Waals surface area contributed by atoms with Crippen LogP contribution in [0.3, 0.4) is 0 Å². The molecule has 1 aromatic heterocycles. The number of nitrogens with zero attached hydrogens (tertiary/aromatic N) is 1. The van der Waals surface area contributed by atoms with Crippen molar-refractivity contribution in [3.8, 4) is 0 Å². The number of aromatic nitrogens is 1. The molecule has 2 N–H and O–H groups in total. The van der Waals surface area contributed by atoms with Gasteiger partial charge in [-0.1, -0.05) is 18.2 Å². The summed E-state index contributed by atoms with van der Waals surface area (Å²) in [6.07, 6.45) is 1.54. The maximum atomic E-state index is 12.6. The van der Waals surface area contributed by atoms with Crippen LogP contribution in [0.15, 0.2) is 60.8 Å². The van der Waals surface area contributed by atoms with Crippen molar-refractivity contribution in [1.82, 2.24) is 4.98 Å². The zero-order valence-corrected chi connectivity index (χ0v) is 15.9. The van der Waals surface area contributed by atoms with E-state index in [4.69, 9.17) is 4.74 Å². The molecule has 0 saturated heterocycles. The fourth-order valence-electron chi connectivity index (χ4n) is 2.68. The third kappa shape index (κ3) is 4.35. The summed E-state index contributed by atoms with van der Waals surface area (Å²) in [5, 5.41) is 5.96. The highest BCUT2D eigenvalue weighted by Gasteiger charge is 2.13. The number of rotatable bonds is 5. The van der Waals surface area contributed by atoms with Crippen molar-refractivity contribution in [2.45, 2.75) is 13.8 Å². The van der Waals surface area contributed by atoms with Crippen molar-refractivity contribution in [2.24, 2.45) is 0 Å². The summed E-state index contributed by atoms with van der Waals surface area (Å²) in [7, 11) is 1.33. The van der Waals surface area contributed by atoms with Crippen molar-refractivity contribution in [1.29, 1.82) is 0 Å². The third-order valence-corrected chi connectivity index (χ3v) is 4.38. The second-order valence-electron chi connectivity index (χ2n) is 6.35. The number of benzene rings is 2. The third-order valence-electron chi connectivity index (χ3n) is 4.38. The average molecular weight is 375 g/mol. The van der Waals surface area contributed by atoms with Crippen LogP contribution >= 0.6 is 0 Å². The molecule has 0 fully saturated rings. The molecule has 1 heterocycles. The predicted molar refractivity (Wildman–Crippen MR) is 109 cm³/mol. The minimum absolute atomic E-state index is 0.241. The SMILES string of the molecule is COC(=O)c1ccccc1Nc1cc(C(=O)Nc2ccc(C)c(C)c2)ccn1. The van der Waals surface area contributed by atoms with E-state index in [0.717, 1.165) is 16.8 Å². The lowest BCUT2D eigenvalue weighted by molar-refractivity contribution is 0.0601. The van der Waals surface area contributed by atoms with Gasteiger partial charge in [-0.05, 0) is 61.4 Å². The Balaban J connectivity index is 1.80. The van der Waals surface area contributed by atoms with Crippen LogP contribution in [-0.2, 0) is 4.74 Å². The van der Waals surface area contributed by atoms with Crippen LogP contribution in [0.4, 0.5) is 17.2 Å². The van der Waals surface area contributed by atoms with Crippen LogP contribution in [0.25, 0.3) is 0 Å². The number of hydrogen-bond donors (Lipinski definition) is 2. The summed E-state index contributed by atoms with van der Waals surface area (Å²) in [6.45, 7) is 4.02. The highest BCUT2D eigenvalue weighted by atomic mass is 16.5. The molecule has 6 nitrogen and oxygen atoms in total. The van der Waals surface area contributed by atoms with Crippen LogP contribution < -0.4 is 10.6 Å². The van der Waals surface area contributed by atoms with E-state index in [1.807, 2.05) is 32.0 Å². The number of aryl methyl sites for hydroxylation is 2. The number of ether oxygens (including phenoxy) is 1. The number of anilines is 3. The lowest BCUT2D eigenvalue weighted by atomic mass is 10.1. The molecule has 2 aromatic carbocycles. The molecule has 0 radical (unpaired) electrons. The van der Waals surface area contributed by atoms with Gasteiger partial charge in [0.05, 0.1) is 18.4 Å². The number of methoxy groups -OCH3 is 1. The molecule has 0 aliphatic rings. The van der Waals surface area contributed by atoms with Crippen molar-refractivity contribution < 1.29 is 14.3 Å². The lowest BCUT2D eigenvalue weighted by Crippen LogP contribution is -2.13. The largest absolute Gasteiger partial charge is 0.465 e. The monoisotopic (exact) mass is 375 g/mol. The Kier molecular flexibility index (Phi) is 5.69. The lowest BCUT2D eigenvalue weighted by Gasteiger charge is -2.11. The summed E-state index contributed by atoms with van der Waals surface area (Å²) >= 11 is 0. The van der Waals surface area contributed by atoms with Gasteiger partial charge in [0.2, 0.25) is 0 Å². The first-order valence-electron chi connectivity index (χ1n) is 8.77. The molecule has 0 saturated carbocycles.